The molecule has 0 aliphatic rings. The first kappa shape index (κ1) is 28.8. The third-order valence-electron chi connectivity index (χ3n) is 5.74. The predicted molar refractivity (Wildman–Crippen MR) is 142 cm³/mol. The number of methoxy groups -OCH3 is 1. The summed E-state index contributed by atoms with van der Waals surface area (Å²) >= 11 is 5.86. The lowest BCUT2D eigenvalue weighted by Crippen LogP contribution is -2.23. The lowest BCUT2D eigenvalue weighted by molar-refractivity contribution is -0.188. The van der Waals surface area contributed by atoms with E-state index >= 15 is 0 Å². The van der Waals surface area contributed by atoms with Crippen LogP contribution in [0.5, 0.6) is 11.5 Å². The molecule has 0 amide bonds. The smallest absolute Gasteiger partial charge is 0.411 e. The van der Waals surface area contributed by atoms with E-state index in [4.69, 9.17) is 25.8 Å². The Morgan fingerprint density at radius 2 is 1.88 bits per heavy atom. The van der Waals surface area contributed by atoms with Crippen molar-refractivity contribution < 1.29 is 41.7 Å². The van der Waals surface area contributed by atoms with Crippen molar-refractivity contribution in [3.05, 3.63) is 100.0 Å². The van der Waals surface area contributed by atoms with Crippen molar-refractivity contribution in [1.29, 1.82) is 0 Å². The number of carbonyl (C=O) groups is 1. The zero-order valence-electron chi connectivity index (χ0n) is 20.9. The van der Waals surface area contributed by atoms with Gasteiger partial charge in [-0.2, -0.15) is 13.2 Å². The van der Waals surface area contributed by atoms with Gasteiger partial charge in [-0.1, -0.05) is 41.9 Å². The van der Waals surface area contributed by atoms with Gasteiger partial charge in [0.15, 0.2) is 0 Å². The van der Waals surface area contributed by atoms with Crippen molar-refractivity contribution >= 4 is 40.6 Å². The highest BCUT2D eigenvalue weighted by molar-refractivity contribution is 6.31. The second-order valence-corrected chi connectivity index (χ2v) is 9.00. The number of benzene rings is 3. The topological polar surface area (TPSA) is 77.9 Å². The Labute approximate surface area is 231 Å². The SMILES string of the molecule is COc1ccc(OC[C@H](OCC(F)(F)F)c2cccc(/C=C/c3ccc4cc(F)c(Cl)cc4n3)c2)c(C(=O)O)c1. The number of carboxylic acid groups (broad SMARTS) is 1. The molecule has 0 saturated heterocycles. The average molecular weight is 576 g/mol. The van der Waals surface area contributed by atoms with Crippen LogP contribution < -0.4 is 9.47 Å². The number of rotatable bonds is 10. The van der Waals surface area contributed by atoms with Crippen LogP contribution in [0.15, 0.2) is 66.7 Å². The van der Waals surface area contributed by atoms with Gasteiger partial charge in [0, 0.05) is 5.39 Å². The van der Waals surface area contributed by atoms with Gasteiger partial charge >= 0.3 is 12.1 Å². The summed E-state index contributed by atoms with van der Waals surface area (Å²) in [5.74, 6) is -1.60. The second kappa shape index (κ2) is 12.4. The number of aromatic nitrogens is 1. The molecule has 0 bridgehead atoms. The number of carboxylic acids is 1. The van der Waals surface area contributed by atoms with Crippen LogP contribution in [0.25, 0.3) is 23.1 Å². The van der Waals surface area contributed by atoms with E-state index in [-0.39, 0.29) is 28.7 Å². The predicted octanol–water partition coefficient (Wildman–Crippen LogP) is 7.60. The molecule has 1 atom stereocenters. The van der Waals surface area contributed by atoms with Crippen LogP contribution in [0.4, 0.5) is 17.6 Å². The van der Waals surface area contributed by atoms with Crippen LogP contribution in [0.1, 0.15) is 33.3 Å². The fourth-order valence-corrected chi connectivity index (χ4v) is 3.96. The van der Waals surface area contributed by atoms with E-state index < -0.39 is 30.7 Å². The molecule has 208 valence electrons. The molecule has 0 spiro atoms. The Morgan fingerprint density at radius 1 is 1.07 bits per heavy atom. The quantitative estimate of drug-likeness (QED) is 0.196. The number of nitrogens with zero attached hydrogens (tertiary/aromatic N) is 1. The summed E-state index contributed by atoms with van der Waals surface area (Å²) in [6.07, 6.45) is -2.37. The molecule has 1 heterocycles. The first-order chi connectivity index (χ1) is 19.0. The minimum Gasteiger partial charge on any atom is -0.497 e. The summed E-state index contributed by atoms with van der Waals surface area (Å²) in [4.78, 5) is 16.1. The Bertz CT molecular complexity index is 1560. The average Bonchev–Trinajstić information content (AvgIpc) is 2.92. The minimum absolute atomic E-state index is 0.0488. The highest BCUT2D eigenvalue weighted by Crippen LogP contribution is 2.29. The zero-order valence-corrected chi connectivity index (χ0v) is 21.7. The molecule has 0 aliphatic heterocycles. The van der Waals surface area contributed by atoms with Crippen molar-refractivity contribution in [3.63, 3.8) is 0 Å². The van der Waals surface area contributed by atoms with Crippen LogP contribution in [-0.4, -0.2) is 42.6 Å². The van der Waals surface area contributed by atoms with Gasteiger partial charge in [-0.15, -0.1) is 0 Å². The van der Waals surface area contributed by atoms with Gasteiger partial charge in [-0.25, -0.2) is 14.2 Å². The summed E-state index contributed by atoms with van der Waals surface area (Å²) < 4.78 is 68.4. The molecule has 11 heteroatoms. The molecule has 0 saturated carbocycles. The first-order valence-electron chi connectivity index (χ1n) is 11.8. The van der Waals surface area contributed by atoms with E-state index in [2.05, 4.69) is 4.98 Å². The van der Waals surface area contributed by atoms with E-state index in [1.807, 2.05) is 0 Å². The van der Waals surface area contributed by atoms with E-state index in [0.29, 0.717) is 27.7 Å². The molecule has 6 nitrogen and oxygen atoms in total. The largest absolute Gasteiger partial charge is 0.497 e. The molecule has 0 unspecified atom stereocenters. The van der Waals surface area contributed by atoms with Crippen LogP contribution in [-0.2, 0) is 4.74 Å². The molecule has 0 radical (unpaired) electrons. The van der Waals surface area contributed by atoms with Crippen LogP contribution >= 0.6 is 11.6 Å². The van der Waals surface area contributed by atoms with Crippen molar-refractivity contribution in [3.8, 4) is 11.5 Å². The van der Waals surface area contributed by atoms with Crippen molar-refractivity contribution in [1.82, 2.24) is 4.98 Å². The number of alkyl halides is 3. The fraction of sp³-hybridized carbons (Fsp3) is 0.172. The second-order valence-electron chi connectivity index (χ2n) is 8.59. The number of aromatic carboxylic acids is 1. The van der Waals surface area contributed by atoms with E-state index in [1.54, 1.807) is 48.6 Å². The van der Waals surface area contributed by atoms with Gasteiger partial charge in [0.05, 0.1) is 23.3 Å². The standard InChI is InChI=1S/C29H22ClF4NO5/c1-38-21-9-10-26(22(13-21)28(36)37)39-15-27(40-16-29(32,33)34)19-4-2-3-17(11-19)5-7-20-8-6-18-12-24(31)23(30)14-25(18)35-20/h2-14,27H,15-16H2,1H3,(H,36,37)/b7-5+/t27-/m0/s1. The molecule has 4 rings (SSSR count). The van der Waals surface area contributed by atoms with E-state index in [1.165, 1.54) is 37.4 Å². The Balaban J connectivity index is 1.57. The van der Waals surface area contributed by atoms with Gasteiger partial charge in [-0.3, -0.25) is 0 Å². The summed E-state index contributed by atoms with van der Waals surface area (Å²) in [5, 5.41) is 10.0. The van der Waals surface area contributed by atoms with Crippen LogP contribution in [0.3, 0.4) is 0 Å². The number of hydrogen-bond acceptors (Lipinski definition) is 5. The molecule has 0 aliphatic carbocycles. The maximum absolute atomic E-state index is 13.7. The van der Waals surface area contributed by atoms with E-state index in [9.17, 15) is 27.5 Å². The maximum Gasteiger partial charge on any atom is 0.411 e. The number of ether oxygens (including phenoxy) is 3. The summed E-state index contributed by atoms with van der Waals surface area (Å²) in [7, 11) is 1.37. The Kier molecular flexibility index (Phi) is 8.91. The highest BCUT2D eigenvalue weighted by Gasteiger charge is 2.30. The minimum atomic E-state index is -4.59. The highest BCUT2D eigenvalue weighted by atomic mass is 35.5. The van der Waals surface area contributed by atoms with Gasteiger partial charge in [0.25, 0.3) is 0 Å². The first-order valence-corrected chi connectivity index (χ1v) is 12.2. The van der Waals surface area contributed by atoms with Gasteiger partial charge in [0.1, 0.15) is 42.2 Å². The molecule has 1 aromatic heterocycles. The lowest BCUT2D eigenvalue weighted by atomic mass is 10.1. The Hall–Kier alpha value is -4.15. The van der Waals surface area contributed by atoms with Crippen molar-refractivity contribution in [2.45, 2.75) is 12.3 Å². The van der Waals surface area contributed by atoms with Gasteiger partial charge in [0.2, 0.25) is 0 Å². The molecular weight excluding hydrogens is 554 g/mol. The van der Waals surface area contributed by atoms with Crippen LogP contribution in [0.2, 0.25) is 5.02 Å². The van der Waals surface area contributed by atoms with Crippen molar-refractivity contribution in [2.24, 2.45) is 0 Å². The third-order valence-corrected chi connectivity index (χ3v) is 6.03. The summed E-state index contributed by atoms with van der Waals surface area (Å²) in [5.41, 5.74) is 1.85. The molecule has 0 fully saturated rings. The lowest BCUT2D eigenvalue weighted by Gasteiger charge is -2.21. The third kappa shape index (κ3) is 7.49. The monoisotopic (exact) mass is 575 g/mol. The molecule has 4 aromatic rings. The number of fused-ring (bicyclic) bond motifs is 1. The molecular formula is C29H22ClF4NO5. The number of halogens is 5. The molecule has 40 heavy (non-hydrogen) atoms. The normalized spacial score (nSPS) is 12.6. The molecule has 3 aromatic carbocycles. The summed E-state index contributed by atoms with van der Waals surface area (Å²) in [6.45, 7) is -1.92. The maximum atomic E-state index is 13.7. The number of pyridine rings is 1. The van der Waals surface area contributed by atoms with Gasteiger partial charge < -0.3 is 19.3 Å². The summed E-state index contributed by atoms with van der Waals surface area (Å²) in [6, 6.07) is 16.8. The zero-order chi connectivity index (χ0) is 28.9. The van der Waals surface area contributed by atoms with E-state index in [0.717, 1.165) is 0 Å². The fourth-order valence-electron chi connectivity index (χ4n) is 3.80. The molecule has 1 N–H and O–H groups in total. The van der Waals surface area contributed by atoms with Crippen molar-refractivity contribution in [2.75, 3.05) is 20.3 Å². The van der Waals surface area contributed by atoms with Crippen LogP contribution in [0, 0.1) is 5.82 Å². The van der Waals surface area contributed by atoms with Gasteiger partial charge in [-0.05, 0) is 59.7 Å². The Morgan fingerprint density at radius 3 is 2.60 bits per heavy atom. The number of hydrogen-bond donors (Lipinski definition) is 1.